The second kappa shape index (κ2) is 4.44. The number of rotatable bonds is 4. The monoisotopic (exact) mass is 210 g/mol. The van der Waals surface area contributed by atoms with E-state index in [2.05, 4.69) is 10.4 Å². The predicted molar refractivity (Wildman–Crippen MR) is 58.4 cm³/mol. The molecule has 0 radical (unpaired) electrons. The van der Waals surface area contributed by atoms with Crippen LogP contribution in [0.25, 0.3) is 0 Å². The summed E-state index contributed by atoms with van der Waals surface area (Å²) in [5.74, 6) is -0.117. The van der Waals surface area contributed by atoms with Crippen LogP contribution in [-0.2, 0) is 7.05 Å². The average Bonchev–Trinajstić information content (AvgIpc) is 2.50. The number of aromatic nitrogens is 2. The zero-order chi connectivity index (χ0) is 11.5. The lowest BCUT2D eigenvalue weighted by Crippen LogP contribution is -2.45. The van der Waals surface area contributed by atoms with Crippen molar-refractivity contribution in [3.63, 3.8) is 0 Å². The van der Waals surface area contributed by atoms with Gasteiger partial charge in [0, 0.05) is 18.8 Å². The largest absolute Gasteiger partial charge is 0.346 e. The van der Waals surface area contributed by atoms with Crippen molar-refractivity contribution in [1.29, 1.82) is 0 Å². The van der Waals surface area contributed by atoms with Gasteiger partial charge in [-0.25, -0.2) is 0 Å². The third-order valence-electron chi connectivity index (χ3n) is 2.27. The van der Waals surface area contributed by atoms with Crippen LogP contribution in [0.5, 0.6) is 0 Å². The summed E-state index contributed by atoms with van der Waals surface area (Å²) < 4.78 is 1.55. The van der Waals surface area contributed by atoms with E-state index in [0.29, 0.717) is 12.2 Å². The summed E-state index contributed by atoms with van der Waals surface area (Å²) in [7, 11) is 1.74. The van der Waals surface area contributed by atoms with Crippen molar-refractivity contribution < 1.29 is 4.79 Å². The molecule has 0 saturated heterocycles. The van der Waals surface area contributed by atoms with Crippen molar-refractivity contribution in [1.82, 2.24) is 15.1 Å². The number of aryl methyl sites for hydroxylation is 1. The number of nitrogens with one attached hydrogen (secondary N) is 1. The first-order valence-electron chi connectivity index (χ1n) is 4.97. The van der Waals surface area contributed by atoms with E-state index in [1.165, 1.54) is 0 Å². The number of nitrogens with two attached hydrogens (primary N) is 1. The van der Waals surface area contributed by atoms with Crippen LogP contribution in [0.3, 0.4) is 0 Å². The molecule has 0 aliphatic rings. The standard InChI is InChI=1S/C10H18N4O/c1-10(2,5-6-11)13-9(15)8-4-7-12-14(8)3/h4,7H,5-6,11H2,1-3H3,(H,13,15). The predicted octanol–water partition coefficient (Wildman–Crippen LogP) is 0.277. The van der Waals surface area contributed by atoms with E-state index in [4.69, 9.17) is 5.73 Å². The molecule has 1 aromatic rings. The highest BCUT2D eigenvalue weighted by Gasteiger charge is 2.21. The average molecular weight is 210 g/mol. The van der Waals surface area contributed by atoms with Crippen LogP contribution in [0.2, 0.25) is 0 Å². The van der Waals surface area contributed by atoms with Crippen molar-refractivity contribution in [3.05, 3.63) is 18.0 Å². The fourth-order valence-electron chi connectivity index (χ4n) is 1.39. The third-order valence-corrected chi connectivity index (χ3v) is 2.27. The molecule has 0 aromatic carbocycles. The number of hydrogen-bond acceptors (Lipinski definition) is 3. The van der Waals surface area contributed by atoms with Crippen molar-refractivity contribution in [3.8, 4) is 0 Å². The molecule has 1 rings (SSSR count). The lowest BCUT2D eigenvalue weighted by molar-refractivity contribution is 0.0900. The Morgan fingerprint density at radius 2 is 2.33 bits per heavy atom. The van der Waals surface area contributed by atoms with E-state index in [-0.39, 0.29) is 11.4 Å². The van der Waals surface area contributed by atoms with Gasteiger partial charge in [0.05, 0.1) is 0 Å². The van der Waals surface area contributed by atoms with Crippen molar-refractivity contribution in [2.45, 2.75) is 25.8 Å². The molecule has 0 aliphatic carbocycles. The quantitative estimate of drug-likeness (QED) is 0.749. The Morgan fingerprint density at radius 3 is 2.80 bits per heavy atom. The summed E-state index contributed by atoms with van der Waals surface area (Å²) in [5.41, 5.74) is 5.74. The molecule has 1 aromatic heterocycles. The molecule has 1 amide bonds. The fraction of sp³-hybridized carbons (Fsp3) is 0.600. The zero-order valence-electron chi connectivity index (χ0n) is 9.45. The Hall–Kier alpha value is -1.36. The van der Waals surface area contributed by atoms with E-state index in [0.717, 1.165) is 6.42 Å². The number of amides is 1. The smallest absolute Gasteiger partial charge is 0.269 e. The number of carbonyl (C=O) groups is 1. The lowest BCUT2D eigenvalue weighted by Gasteiger charge is -2.25. The minimum atomic E-state index is -0.282. The maximum atomic E-state index is 11.8. The first kappa shape index (κ1) is 11.7. The molecular weight excluding hydrogens is 192 g/mol. The molecule has 5 heteroatoms. The molecule has 0 unspecified atom stereocenters. The van der Waals surface area contributed by atoms with Gasteiger partial charge < -0.3 is 11.1 Å². The molecule has 1 heterocycles. The van der Waals surface area contributed by atoms with E-state index >= 15 is 0 Å². The second-order valence-electron chi connectivity index (χ2n) is 4.22. The molecule has 0 fully saturated rings. The molecule has 0 saturated carbocycles. The maximum Gasteiger partial charge on any atom is 0.269 e. The van der Waals surface area contributed by atoms with Gasteiger partial charge in [0.25, 0.3) is 5.91 Å². The Labute approximate surface area is 89.6 Å². The molecule has 5 nitrogen and oxygen atoms in total. The summed E-state index contributed by atoms with van der Waals surface area (Å²) in [6, 6.07) is 1.69. The van der Waals surface area contributed by atoms with Crippen molar-refractivity contribution in [2.24, 2.45) is 12.8 Å². The van der Waals surface area contributed by atoms with Crippen LogP contribution in [0, 0.1) is 0 Å². The summed E-state index contributed by atoms with van der Waals surface area (Å²) in [6.45, 7) is 4.46. The Kier molecular flexibility index (Phi) is 3.47. The van der Waals surface area contributed by atoms with Crippen LogP contribution >= 0.6 is 0 Å². The van der Waals surface area contributed by atoms with Gasteiger partial charge in [-0.05, 0) is 32.9 Å². The van der Waals surface area contributed by atoms with Gasteiger partial charge in [-0.1, -0.05) is 0 Å². The van der Waals surface area contributed by atoms with Gasteiger partial charge in [-0.15, -0.1) is 0 Å². The van der Waals surface area contributed by atoms with Gasteiger partial charge in [-0.2, -0.15) is 5.10 Å². The van der Waals surface area contributed by atoms with Gasteiger partial charge in [0.2, 0.25) is 0 Å². The van der Waals surface area contributed by atoms with Crippen molar-refractivity contribution in [2.75, 3.05) is 6.54 Å². The fourth-order valence-corrected chi connectivity index (χ4v) is 1.39. The Morgan fingerprint density at radius 1 is 1.67 bits per heavy atom. The zero-order valence-corrected chi connectivity index (χ0v) is 9.45. The molecule has 0 bridgehead atoms. The summed E-state index contributed by atoms with van der Waals surface area (Å²) >= 11 is 0. The van der Waals surface area contributed by atoms with E-state index < -0.39 is 0 Å². The van der Waals surface area contributed by atoms with Crippen LogP contribution in [0.1, 0.15) is 30.8 Å². The Bertz CT molecular complexity index is 343. The van der Waals surface area contributed by atoms with E-state index in [1.54, 1.807) is 24.0 Å². The number of hydrogen-bond donors (Lipinski definition) is 2. The summed E-state index contributed by atoms with van der Waals surface area (Å²) in [6.07, 6.45) is 2.35. The second-order valence-corrected chi connectivity index (χ2v) is 4.22. The van der Waals surface area contributed by atoms with Crippen molar-refractivity contribution >= 4 is 5.91 Å². The Balaban J connectivity index is 2.68. The van der Waals surface area contributed by atoms with E-state index in [1.807, 2.05) is 13.8 Å². The third kappa shape index (κ3) is 3.06. The summed E-state index contributed by atoms with van der Waals surface area (Å²) in [5, 5.41) is 6.87. The van der Waals surface area contributed by atoms with E-state index in [9.17, 15) is 4.79 Å². The topological polar surface area (TPSA) is 72.9 Å². The molecule has 84 valence electrons. The SMILES string of the molecule is Cn1nccc1C(=O)NC(C)(C)CCN. The lowest BCUT2D eigenvalue weighted by atomic mass is 10.0. The van der Waals surface area contributed by atoms with Gasteiger partial charge in [0.15, 0.2) is 0 Å². The van der Waals surface area contributed by atoms with Crippen LogP contribution in [-0.4, -0.2) is 27.8 Å². The van der Waals surface area contributed by atoms with Crippen LogP contribution in [0.15, 0.2) is 12.3 Å². The minimum Gasteiger partial charge on any atom is -0.346 e. The first-order chi connectivity index (χ1) is 6.96. The number of carbonyl (C=O) groups excluding carboxylic acids is 1. The highest BCUT2D eigenvalue weighted by atomic mass is 16.2. The number of nitrogens with zero attached hydrogens (tertiary/aromatic N) is 2. The maximum absolute atomic E-state index is 11.8. The first-order valence-corrected chi connectivity index (χ1v) is 4.97. The van der Waals surface area contributed by atoms with Gasteiger partial charge >= 0.3 is 0 Å². The molecule has 15 heavy (non-hydrogen) atoms. The molecule has 0 aliphatic heterocycles. The van der Waals surface area contributed by atoms with Gasteiger partial charge in [-0.3, -0.25) is 9.48 Å². The highest BCUT2D eigenvalue weighted by Crippen LogP contribution is 2.08. The molecule has 0 spiro atoms. The molecular formula is C10H18N4O. The normalized spacial score (nSPS) is 11.5. The van der Waals surface area contributed by atoms with Gasteiger partial charge in [0.1, 0.15) is 5.69 Å². The summed E-state index contributed by atoms with van der Waals surface area (Å²) in [4.78, 5) is 11.8. The molecule has 0 atom stereocenters. The minimum absolute atomic E-state index is 0.117. The molecule has 3 N–H and O–H groups in total. The van der Waals surface area contributed by atoms with Crippen LogP contribution in [0.4, 0.5) is 0 Å². The van der Waals surface area contributed by atoms with Crippen LogP contribution < -0.4 is 11.1 Å². The highest BCUT2D eigenvalue weighted by molar-refractivity contribution is 5.92.